The number of ketones is 1. The molecule has 0 amide bonds. The number of hydrogen-bond donors (Lipinski definition) is 3. The quantitative estimate of drug-likeness (QED) is 0.0390. The molecule has 350 valence electrons. The number of nitro groups is 2. The van der Waals surface area contributed by atoms with Crippen molar-refractivity contribution in [1.29, 1.82) is 2.38 Å². The average Bonchev–Trinajstić information content (AvgIpc) is 4.10. The number of nitrogens with one attached hydrogen (secondary N) is 1. The van der Waals surface area contributed by atoms with E-state index in [-0.39, 0.29) is 57.3 Å². The van der Waals surface area contributed by atoms with Crippen LogP contribution in [0.15, 0.2) is 12.4 Å². The standard InChI is InChI=1S/C13H17ClN4O4.C9H17NO2.C5H11NO2.C4HCl2N3O2.C4H6O.H2I2.H2I/c1-3-9(12(19)22-2)17(7-8-4-5-8)11-10(18(20)21)6-15-13(14)16-11;1-2-8(9(12)6-11)10-5-7-3-4-7;1-3-4(6)5(7)8-2;5-3-2(9(10)11)1-7-4(6)8-3;5-3-4-1-2-4;1-2;/h6,8-9H,3-5,7H2,1-2H3;7-8,10-11H,2-6H2,1H3;4H,3,6H2,1-2H3;1H;3-4H,1-2H2;1H2;1H2/q;;;;;;-1/t9-;8-;4-;;;;/m111..../s1/i;;;;;2*1D2. The van der Waals surface area contributed by atoms with E-state index < -0.39 is 69.7 Å². The van der Waals surface area contributed by atoms with Gasteiger partial charge in [-0.25, -0.2) is 14.8 Å². The zero-order chi connectivity index (χ0) is 50.2. The predicted octanol–water partition coefficient (Wildman–Crippen LogP) is 2.42. The Balaban J connectivity index is 0. The Morgan fingerprint density at radius 1 is 1.00 bits per heavy atom. The van der Waals surface area contributed by atoms with E-state index in [0.717, 1.165) is 63.2 Å². The van der Waals surface area contributed by atoms with E-state index in [1.54, 1.807) is 4.90 Å². The number of methoxy groups -OCH3 is 2. The summed E-state index contributed by atoms with van der Waals surface area (Å²) in [4.78, 5) is 79.2. The summed E-state index contributed by atoms with van der Waals surface area (Å²) < 4.78 is 33.9. The average molecular weight is 1270 g/mol. The molecule has 2 heterocycles. The summed E-state index contributed by atoms with van der Waals surface area (Å²) in [5.74, 6) is 0.819. The van der Waals surface area contributed by atoms with E-state index in [0.29, 0.717) is 31.2 Å². The molecule has 2 aromatic heterocycles. The number of carbonyl (C=O) groups is 4. The number of hydrogen-bond acceptors (Lipinski definition) is 18. The van der Waals surface area contributed by atoms with Gasteiger partial charge in [0.25, 0.3) is 0 Å². The van der Waals surface area contributed by atoms with Gasteiger partial charge in [0.05, 0.1) is 30.1 Å². The summed E-state index contributed by atoms with van der Waals surface area (Å²) in [6.07, 6.45) is 11.8. The van der Waals surface area contributed by atoms with Crippen LogP contribution >= 0.6 is 71.6 Å². The van der Waals surface area contributed by atoms with Gasteiger partial charge in [0.2, 0.25) is 21.5 Å². The Morgan fingerprint density at radius 3 is 1.85 bits per heavy atom. The number of carbonyl (C=O) groups excluding carboxylic acids is 4. The zero-order valence-corrected chi connectivity index (χ0v) is 42.9. The summed E-state index contributed by atoms with van der Waals surface area (Å²) >= 11 is 15.6. The molecule has 0 unspecified atom stereocenters. The van der Waals surface area contributed by atoms with Gasteiger partial charge in [0.15, 0.2) is 5.78 Å². The molecule has 20 nitrogen and oxygen atoms in total. The Labute approximate surface area is 411 Å². The molecular formula is C35H56Cl3I3N9O11-. The first-order valence-electron chi connectivity index (χ1n) is 20.2. The number of esters is 2. The van der Waals surface area contributed by atoms with Crippen LogP contribution in [0.1, 0.15) is 78.6 Å². The number of ether oxygens (including phenoxy) is 2. The first-order chi connectivity index (χ1) is 30.7. The molecule has 2 aromatic rings. The molecule has 3 saturated carbocycles. The number of aldehydes is 1. The SMILES string of the molecule is CC[C@@H](N)C(=O)OC.CC[C@@H](NCC1CC1)C(=O)CO.CC[C@H](C(=O)OC)N(CC1CC1)c1nc(Cl)ncc1[N+](=O)[O-].O=CC1CC1.O=[N+]([O-])c1cnc(Cl)nc1Cl.[2H]I([2H])I.[2H][I-][2H]. The molecule has 4 N–H and O–H groups in total. The molecular weight excluding hydrogens is 1210 g/mol. The van der Waals surface area contributed by atoms with Gasteiger partial charge in [-0.05, 0) is 99.4 Å². The van der Waals surface area contributed by atoms with Gasteiger partial charge >= 0.3 is 86.1 Å². The number of nitrogens with zero attached hydrogens (tertiary/aromatic N) is 7. The third-order valence-electron chi connectivity index (χ3n) is 8.53. The summed E-state index contributed by atoms with van der Waals surface area (Å²) in [5, 5.41) is 32.7. The van der Waals surface area contributed by atoms with E-state index in [4.69, 9.17) is 52.8 Å². The molecule has 5 rings (SSSR count). The fraction of sp³-hybridized carbons (Fsp3) is 0.657. The van der Waals surface area contributed by atoms with Crippen molar-refractivity contribution >= 4 is 113 Å². The summed E-state index contributed by atoms with van der Waals surface area (Å²) in [5.41, 5.74) is 4.63. The van der Waals surface area contributed by atoms with Crippen LogP contribution in [-0.4, -0.2) is 113 Å². The second-order valence-electron chi connectivity index (χ2n) is 13.2. The van der Waals surface area contributed by atoms with Crippen LogP contribution in [0, 0.1) is 38.0 Å². The molecule has 0 radical (unpaired) electrons. The van der Waals surface area contributed by atoms with Crippen molar-refractivity contribution < 1.29 is 67.2 Å². The van der Waals surface area contributed by atoms with Crippen LogP contribution in [0.3, 0.4) is 0 Å². The summed E-state index contributed by atoms with van der Waals surface area (Å²) in [6, 6.07) is -1.22. The Bertz CT molecular complexity index is 1750. The molecule has 3 aliphatic rings. The van der Waals surface area contributed by atoms with Crippen LogP contribution in [0.25, 0.3) is 0 Å². The summed E-state index contributed by atoms with van der Waals surface area (Å²) in [7, 11) is 2.62. The molecule has 3 fully saturated rings. The second kappa shape index (κ2) is 34.4. The van der Waals surface area contributed by atoms with Crippen LogP contribution in [0.4, 0.5) is 17.2 Å². The molecule has 61 heavy (non-hydrogen) atoms. The van der Waals surface area contributed by atoms with Crippen molar-refractivity contribution in [3.05, 3.63) is 48.3 Å². The topological polar surface area (TPSA) is 286 Å². The predicted molar refractivity (Wildman–Crippen MR) is 248 cm³/mol. The first-order valence-corrected chi connectivity index (χ1v) is 26.1. The maximum atomic E-state index is 12.0. The molecule has 0 saturated heterocycles. The van der Waals surface area contributed by atoms with Crippen LogP contribution < -0.4 is 39.5 Å². The van der Waals surface area contributed by atoms with Gasteiger partial charge in [-0.1, -0.05) is 32.4 Å². The third kappa shape index (κ3) is 25.8. The van der Waals surface area contributed by atoms with E-state index in [2.05, 4.69) is 30.0 Å². The minimum atomic E-state index is -1.79. The van der Waals surface area contributed by atoms with Crippen LogP contribution in [0.2, 0.25) is 15.7 Å². The molecule has 26 heteroatoms. The van der Waals surface area contributed by atoms with Gasteiger partial charge in [-0.2, -0.15) is 9.97 Å². The van der Waals surface area contributed by atoms with Crippen molar-refractivity contribution in [2.45, 2.75) is 96.7 Å². The number of aliphatic hydroxyl groups excluding tert-OH is 1. The van der Waals surface area contributed by atoms with Crippen molar-refractivity contribution in [1.82, 2.24) is 25.3 Å². The summed E-state index contributed by atoms with van der Waals surface area (Å²) in [6.45, 7) is 6.71. The Morgan fingerprint density at radius 2 is 1.51 bits per heavy atom. The van der Waals surface area contributed by atoms with Crippen molar-refractivity contribution in [3.8, 4) is 0 Å². The van der Waals surface area contributed by atoms with E-state index in [1.807, 2.05) is 39.4 Å². The van der Waals surface area contributed by atoms with Crippen LogP contribution in [0.5, 0.6) is 0 Å². The molecule has 0 spiro atoms. The van der Waals surface area contributed by atoms with Crippen molar-refractivity contribution in [3.63, 3.8) is 0 Å². The third-order valence-corrected chi connectivity index (χ3v) is 9.17. The molecule has 3 aliphatic carbocycles. The normalized spacial score (nSPS) is 15.7. The van der Waals surface area contributed by atoms with E-state index in [9.17, 15) is 39.4 Å². The van der Waals surface area contributed by atoms with Crippen LogP contribution in [-0.2, 0) is 28.7 Å². The number of anilines is 1. The molecule has 0 bridgehead atoms. The number of aliphatic hydroxyl groups is 1. The number of rotatable bonds is 17. The monoisotopic (exact) mass is 1270 g/mol. The van der Waals surface area contributed by atoms with Crippen molar-refractivity contribution in [2.24, 2.45) is 23.5 Å². The molecule has 0 aliphatic heterocycles. The fourth-order valence-corrected chi connectivity index (χ4v) is 5.01. The van der Waals surface area contributed by atoms with Gasteiger partial charge < -0.3 is 35.3 Å². The molecule has 3 atom stereocenters. The van der Waals surface area contributed by atoms with Gasteiger partial charge in [-0.3, -0.25) is 29.8 Å². The maximum absolute atomic E-state index is 12.0. The molecule has 0 aromatic carbocycles. The Hall–Kier alpha value is -2.02. The Kier molecular flexibility index (Phi) is 30.1. The van der Waals surface area contributed by atoms with E-state index >= 15 is 0 Å². The van der Waals surface area contributed by atoms with Gasteiger partial charge in [0, 0.05) is 12.5 Å². The van der Waals surface area contributed by atoms with Crippen molar-refractivity contribution in [2.75, 3.05) is 38.8 Å². The number of Topliss-reactive ketones (excluding diaryl/α,β-unsaturated/α-hetero) is 1. The number of halogens is 6. The van der Waals surface area contributed by atoms with E-state index in [1.165, 1.54) is 27.1 Å². The van der Waals surface area contributed by atoms with Gasteiger partial charge in [0.1, 0.15) is 37.4 Å². The van der Waals surface area contributed by atoms with Gasteiger partial charge in [-0.15, -0.1) is 0 Å². The number of nitrogens with two attached hydrogens (primary N) is 1. The second-order valence-corrected chi connectivity index (χ2v) is 14.2. The first kappa shape index (κ1) is 53.3. The minimum absolute atomic E-state index is 0.0640. The number of aromatic nitrogens is 4. The fourth-order valence-electron chi connectivity index (χ4n) is 4.51. The zero-order valence-electron chi connectivity index (χ0n) is 38.2.